The number of anilines is 1. The fraction of sp³-hybridized carbons (Fsp3) is 0.176. The van der Waals surface area contributed by atoms with E-state index in [9.17, 15) is 4.79 Å². The molecule has 0 aliphatic heterocycles. The zero-order valence-corrected chi connectivity index (χ0v) is 15.2. The molecule has 0 bridgehead atoms. The lowest BCUT2D eigenvalue weighted by Crippen LogP contribution is -2.24. The van der Waals surface area contributed by atoms with Crippen LogP contribution in [0.5, 0.6) is 11.5 Å². The van der Waals surface area contributed by atoms with Gasteiger partial charge in [0.2, 0.25) is 0 Å². The third kappa shape index (κ3) is 4.48. The number of halogens is 1. The topological polar surface area (TPSA) is 72.0 Å². The van der Waals surface area contributed by atoms with E-state index in [1.54, 1.807) is 20.3 Å². The Morgan fingerprint density at radius 3 is 2.62 bits per heavy atom. The van der Waals surface area contributed by atoms with Gasteiger partial charge < -0.3 is 14.8 Å². The summed E-state index contributed by atoms with van der Waals surface area (Å²) in [6, 6.07) is 10.7. The van der Waals surface area contributed by atoms with Crippen LogP contribution in [0.3, 0.4) is 0 Å². The molecule has 6 nitrogen and oxygen atoms in total. The lowest BCUT2D eigenvalue weighted by atomic mass is 10.2. The molecule has 0 atom stereocenters. The first-order chi connectivity index (χ1) is 11.5. The van der Waals surface area contributed by atoms with Crippen LogP contribution in [0.2, 0.25) is 0 Å². The third-order valence-electron chi connectivity index (χ3n) is 3.24. The highest BCUT2D eigenvalue weighted by Crippen LogP contribution is 2.33. The van der Waals surface area contributed by atoms with Crippen molar-refractivity contribution in [3.8, 4) is 11.5 Å². The number of carbonyl (C=O) groups is 1. The molecule has 0 unspecified atom stereocenters. The van der Waals surface area contributed by atoms with Crippen molar-refractivity contribution in [2.24, 2.45) is 5.10 Å². The van der Waals surface area contributed by atoms with E-state index in [-0.39, 0.29) is 0 Å². The lowest BCUT2D eigenvalue weighted by molar-refractivity contribution is 0.252. The number of carbonyl (C=O) groups excluding carboxylic acids is 1. The molecule has 0 saturated carbocycles. The number of amides is 2. The Morgan fingerprint density at radius 1 is 1.21 bits per heavy atom. The van der Waals surface area contributed by atoms with Crippen LogP contribution in [0.4, 0.5) is 10.5 Å². The first-order valence-corrected chi connectivity index (χ1v) is 7.91. The van der Waals surface area contributed by atoms with Crippen molar-refractivity contribution in [2.75, 3.05) is 19.5 Å². The van der Waals surface area contributed by atoms with Gasteiger partial charge in [0.1, 0.15) is 0 Å². The molecule has 0 spiro atoms. The van der Waals surface area contributed by atoms with Gasteiger partial charge in [-0.2, -0.15) is 5.10 Å². The Balaban J connectivity index is 2.08. The number of methoxy groups -OCH3 is 2. The number of nitrogens with zero attached hydrogens (tertiary/aromatic N) is 1. The lowest BCUT2D eigenvalue weighted by Gasteiger charge is -2.11. The van der Waals surface area contributed by atoms with Gasteiger partial charge in [0.15, 0.2) is 11.5 Å². The van der Waals surface area contributed by atoms with E-state index in [1.165, 1.54) is 6.21 Å². The summed E-state index contributed by atoms with van der Waals surface area (Å²) in [5, 5.41) is 6.68. The summed E-state index contributed by atoms with van der Waals surface area (Å²) >= 11 is 3.39. The predicted octanol–water partition coefficient (Wildman–Crippen LogP) is 3.93. The number of para-hydroxylation sites is 1. The molecule has 24 heavy (non-hydrogen) atoms. The summed E-state index contributed by atoms with van der Waals surface area (Å²) < 4.78 is 11.4. The van der Waals surface area contributed by atoms with Crippen LogP contribution >= 0.6 is 15.9 Å². The normalized spacial score (nSPS) is 10.5. The Bertz CT molecular complexity index is 763. The van der Waals surface area contributed by atoms with Gasteiger partial charge in [-0.1, -0.05) is 34.1 Å². The molecule has 2 aromatic rings. The second kappa shape index (κ2) is 8.35. The molecule has 2 N–H and O–H groups in total. The SMILES string of the molecule is COc1cc(Br)cc(/C=N\NC(=O)Nc2ccccc2C)c1OC. The van der Waals surface area contributed by atoms with E-state index in [1.807, 2.05) is 37.3 Å². The number of nitrogens with one attached hydrogen (secondary N) is 2. The zero-order chi connectivity index (χ0) is 17.5. The van der Waals surface area contributed by atoms with E-state index >= 15 is 0 Å². The second-order valence-corrected chi connectivity index (χ2v) is 5.79. The molecule has 7 heteroatoms. The van der Waals surface area contributed by atoms with E-state index in [2.05, 4.69) is 31.8 Å². The average Bonchev–Trinajstić information content (AvgIpc) is 2.56. The van der Waals surface area contributed by atoms with E-state index in [4.69, 9.17) is 9.47 Å². The number of benzene rings is 2. The summed E-state index contributed by atoms with van der Waals surface area (Å²) in [7, 11) is 3.10. The molecule has 0 heterocycles. The van der Waals surface area contributed by atoms with E-state index in [0.717, 1.165) is 15.7 Å². The summed E-state index contributed by atoms with van der Waals surface area (Å²) in [5.74, 6) is 1.10. The van der Waals surface area contributed by atoms with Crippen molar-refractivity contribution >= 4 is 33.9 Å². The molecular formula is C17H18BrN3O3. The van der Waals surface area contributed by atoms with E-state index < -0.39 is 6.03 Å². The molecule has 2 amide bonds. The highest BCUT2D eigenvalue weighted by Gasteiger charge is 2.10. The minimum atomic E-state index is -0.429. The van der Waals surface area contributed by atoms with Crippen LogP contribution in [0.15, 0.2) is 46.0 Å². The summed E-state index contributed by atoms with van der Waals surface area (Å²) in [4.78, 5) is 11.9. The zero-order valence-electron chi connectivity index (χ0n) is 13.6. The molecular weight excluding hydrogens is 374 g/mol. The quantitative estimate of drug-likeness (QED) is 0.598. The highest BCUT2D eigenvalue weighted by atomic mass is 79.9. The minimum Gasteiger partial charge on any atom is -0.493 e. The van der Waals surface area contributed by atoms with Crippen molar-refractivity contribution in [1.29, 1.82) is 0 Å². The van der Waals surface area contributed by atoms with Crippen molar-refractivity contribution in [3.05, 3.63) is 52.0 Å². The number of rotatable bonds is 5. The van der Waals surface area contributed by atoms with Crippen molar-refractivity contribution < 1.29 is 14.3 Å². The Hall–Kier alpha value is -2.54. The molecule has 2 aromatic carbocycles. The third-order valence-corrected chi connectivity index (χ3v) is 3.69. The van der Waals surface area contributed by atoms with Gasteiger partial charge in [0.25, 0.3) is 0 Å². The number of hydrazone groups is 1. The van der Waals surface area contributed by atoms with Gasteiger partial charge in [-0.05, 0) is 30.7 Å². The van der Waals surface area contributed by atoms with Gasteiger partial charge in [-0.15, -0.1) is 0 Å². The first-order valence-electron chi connectivity index (χ1n) is 7.12. The van der Waals surface area contributed by atoms with Gasteiger partial charge >= 0.3 is 6.03 Å². The van der Waals surface area contributed by atoms with Crippen LogP contribution in [0.25, 0.3) is 0 Å². The van der Waals surface area contributed by atoms with Gasteiger partial charge in [0.05, 0.1) is 20.4 Å². The summed E-state index contributed by atoms with van der Waals surface area (Å²) in [5.41, 5.74) is 4.79. The molecule has 0 aromatic heterocycles. The second-order valence-electron chi connectivity index (χ2n) is 4.87. The van der Waals surface area contributed by atoms with E-state index in [0.29, 0.717) is 17.1 Å². The average molecular weight is 392 g/mol. The largest absolute Gasteiger partial charge is 0.493 e. The van der Waals surface area contributed by atoms with Gasteiger partial charge in [-0.3, -0.25) is 0 Å². The van der Waals surface area contributed by atoms with Gasteiger partial charge in [0, 0.05) is 15.7 Å². The number of aryl methyl sites for hydroxylation is 1. The summed E-state index contributed by atoms with van der Waals surface area (Å²) in [6.07, 6.45) is 1.49. The molecule has 0 fully saturated rings. The predicted molar refractivity (Wildman–Crippen MR) is 98.2 cm³/mol. The van der Waals surface area contributed by atoms with Crippen LogP contribution in [-0.4, -0.2) is 26.5 Å². The maximum atomic E-state index is 11.9. The monoisotopic (exact) mass is 391 g/mol. The van der Waals surface area contributed by atoms with Crippen molar-refractivity contribution in [2.45, 2.75) is 6.92 Å². The van der Waals surface area contributed by atoms with Gasteiger partial charge in [-0.25, -0.2) is 10.2 Å². The first kappa shape index (κ1) is 17.8. The molecule has 126 valence electrons. The Morgan fingerprint density at radius 2 is 1.96 bits per heavy atom. The number of urea groups is 1. The standard InChI is InChI=1S/C17H18BrN3O3/c1-11-6-4-5-7-14(11)20-17(22)21-19-10-12-8-13(18)9-15(23-2)16(12)24-3/h4-10H,1-3H3,(H2,20,21,22)/b19-10-. The number of ether oxygens (including phenoxy) is 2. The Labute approximate surface area is 149 Å². The van der Waals surface area contributed by atoms with Crippen LogP contribution in [-0.2, 0) is 0 Å². The minimum absolute atomic E-state index is 0.429. The van der Waals surface area contributed by atoms with Crippen LogP contribution < -0.4 is 20.2 Å². The molecule has 0 saturated heterocycles. The van der Waals surface area contributed by atoms with Crippen LogP contribution in [0.1, 0.15) is 11.1 Å². The maximum Gasteiger partial charge on any atom is 0.339 e. The molecule has 0 aliphatic rings. The highest BCUT2D eigenvalue weighted by molar-refractivity contribution is 9.10. The van der Waals surface area contributed by atoms with Crippen molar-refractivity contribution in [3.63, 3.8) is 0 Å². The molecule has 0 aliphatic carbocycles. The summed E-state index contributed by atoms with van der Waals surface area (Å²) in [6.45, 7) is 1.91. The maximum absolute atomic E-state index is 11.9. The smallest absolute Gasteiger partial charge is 0.339 e. The molecule has 0 radical (unpaired) electrons. The number of hydrogen-bond acceptors (Lipinski definition) is 4. The number of hydrogen-bond donors (Lipinski definition) is 2. The fourth-order valence-corrected chi connectivity index (χ4v) is 2.53. The van der Waals surface area contributed by atoms with Crippen molar-refractivity contribution in [1.82, 2.24) is 5.43 Å². The fourth-order valence-electron chi connectivity index (χ4n) is 2.08. The van der Waals surface area contributed by atoms with Crippen LogP contribution in [0, 0.1) is 6.92 Å². The molecule has 2 rings (SSSR count). The Kier molecular flexibility index (Phi) is 6.20.